The number of fused-ring (bicyclic) bond motifs is 4. The maximum absolute atomic E-state index is 13.7. The third kappa shape index (κ3) is 1.49. The summed E-state index contributed by atoms with van der Waals surface area (Å²) in [5.41, 5.74) is 4.40. The van der Waals surface area contributed by atoms with Gasteiger partial charge in [-0.25, -0.2) is 8.78 Å². The van der Waals surface area contributed by atoms with Crippen molar-refractivity contribution in [2.75, 3.05) is 0 Å². The summed E-state index contributed by atoms with van der Waals surface area (Å²) in [7, 11) is 0. The molecule has 0 saturated heterocycles. The first-order valence-corrected chi connectivity index (χ1v) is 6.98. The molecule has 3 heteroatoms. The lowest BCUT2D eigenvalue weighted by Gasteiger charge is -2.30. The lowest BCUT2D eigenvalue weighted by Crippen LogP contribution is -2.26. The van der Waals surface area contributed by atoms with Crippen molar-refractivity contribution in [2.45, 2.75) is 37.6 Å². The van der Waals surface area contributed by atoms with Gasteiger partial charge in [-0.3, -0.25) is 4.99 Å². The second kappa shape index (κ2) is 3.66. The van der Waals surface area contributed by atoms with Gasteiger partial charge in [0.2, 0.25) is 0 Å². The fraction of sp³-hybridized carbons (Fsp3) is 0.353. The number of aliphatic imine (C=N–C) groups is 1. The molecule has 1 aliphatic heterocycles. The zero-order valence-electron chi connectivity index (χ0n) is 11.3. The van der Waals surface area contributed by atoms with E-state index in [0.717, 1.165) is 28.0 Å². The molecule has 0 unspecified atom stereocenters. The molecule has 2 aliphatic carbocycles. The van der Waals surface area contributed by atoms with Gasteiger partial charge in [-0.15, -0.1) is 0 Å². The summed E-state index contributed by atoms with van der Waals surface area (Å²) in [5, 5.41) is 0. The van der Waals surface area contributed by atoms with Crippen LogP contribution in [0.4, 0.5) is 8.78 Å². The summed E-state index contributed by atoms with van der Waals surface area (Å²) < 4.78 is 27.4. The minimum atomic E-state index is -2.59. The molecular weight excluding hydrogens is 256 g/mol. The van der Waals surface area contributed by atoms with E-state index in [9.17, 15) is 8.78 Å². The number of rotatable bonds is 0. The predicted octanol–water partition coefficient (Wildman–Crippen LogP) is 4.50. The van der Waals surface area contributed by atoms with E-state index in [1.807, 2.05) is 31.2 Å². The molecule has 1 aromatic rings. The van der Waals surface area contributed by atoms with Crippen LogP contribution in [0.15, 0.2) is 46.5 Å². The minimum absolute atomic E-state index is 0.0793. The molecular formula is C17H15F2N. The molecule has 0 aromatic heterocycles. The monoisotopic (exact) mass is 271 g/mol. The molecule has 1 atom stereocenters. The van der Waals surface area contributed by atoms with Crippen molar-refractivity contribution in [2.24, 2.45) is 4.99 Å². The molecule has 1 heterocycles. The number of hydrogen-bond acceptors (Lipinski definition) is 1. The molecule has 102 valence electrons. The van der Waals surface area contributed by atoms with Crippen LogP contribution >= 0.6 is 0 Å². The van der Waals surface area contributed by atoms with E-state index in [4.69, 9.17) is 4.99 Å². The van der Waals surface area contributed by atoms with E-state index in [1.54, 1.807) is 0 Å². The van der Waals surface area contributed by atoms with Crippen molar-refractivity contribution in [3.8, 4) is 0 Å². The molecule has 4 rings (SSSR count). The number of halogens is 2. The Balaban J connectivity index is 1.93. The third-order valence-electron chi connectivity index (χ3n) is 4.63. The molecule has 20 heavy (non-hydrogen) atoms. The Bertz CT molecular complexity index is 697. The van der Waals surface area contributed by atoms with E-state index in [1.165, 1.54) is 0 Å². The molecule has 0 radical (unpaired) electrons. The van der Waals surface area contributed by atoms with E-state index < -0.39 is 11.5 Å². The molecule has 1 fully saturated rings. The maximum Gasteiger partial charge on any atom is 0.252 e. The molecule has 0 amide bonds. The van der Waals surface area contributed by atoms with Crippen LogP contribution in [0.1, 0.15) is 37.3 Å². The van der Waals surface area contributed by atoms with Crippen LogP contribution in [0.25, 0.3) is 6.08 Å². The number of allylic oxidation sites excluding steroid dienone is 1. The van der Waals surface area contributed by atoms with Gasteiger partial charge in [-0.2, -0.15) is 0 Å². The molecule has 1 aromatic carbocycles. The number of nitrogens with zero attached hydrogens (tertiary/aromatic N) is 1. The van der Waals surface area contributed by atoms with Crippen molar-refractivity contribution >= 4 is 11.8 Å². The topological polar surface area (TPSA) is 12.4 Å². The van der Waals surface area contributed by atoms with Crippen molar-refractivity contribution in [3.05, 3.63) is 52.6 Å². The Morgan fingerprint density at radius 2 is 1.95 bits per heavy atom. The zero-order valence-corrected chi connectivity index (χ0v) is 11.3. The van der Waals surface area contributed by atoms with Crippen LogP contribution < -0.4 is 0 Å². The summed E-state index contributed by atoms with van der Waals surface area (Å²) in [6.07, 6.45) is 4.14. The standard InChI is InChI=1S/C17H15F2N/c1-16-13-5-3-2-4-11(13)6-7-14(16)12-10-17(18,19)9-8-15(12)20-16/h2-7H,8-10H2,1H3/t16-/m0/s1. The van der Waals surface area contributed by atoms with E-state index in [0.29, 0.717) is 6.42 Å². The lowest BCUT2D eigenvalue weighted by atomic mass is 9.76. The summed E-state index contributed by atoms with van der Waals surface area (Å²) in [5.74, 6) is -2.59. The first-order chi connectivity index (χ1) is 9.50. The summed E-state index contributed by atoms with van der Waals surface area (Å²) in [4.78, 5) is 4.83. The molecule has 0 spiro atoms. The van der Waals surface area contributed by atoms with Crippen LogP contribution in [0.2, 0.25) is 0 Å². The normalized spacial score (nSPS) is 29.6. The largest absolute Gasteiger partial charge is 0.273 e. The number of benzene rings is 1. The highest BCUT2D eigenvalue weighted by Crippen LogP contribution is 2.50. The minimum Gasteiger partial charge on any atom is -0.273 e. The molecule has 0 bridgehead atoms. The average Bonchev–Trinajstić information content (AvgIpc) is 2.70. The highest BCUT2D eigenvalue weighted by Gasteiger charge is 2.46. The summed E-state index contributed by atoms with van der Waals surface area (Å²) in [6, 6.07) is 8.09. The van der Waals surface area contributed by atoms with Gasteiger partial charge >= 0.3 is 0 Å². The SMILES string of the molecule is C[C@@]12N=C3CCC(F)(F)CC3=C1C=Cc1ccccc12. The maximum atomic E-state index is 13.7. The Morgan fingerprint density at radius 1 is 1.15 bits per heavy atom. The predicted molar refractivity (Wildman–Crippen MR) is 76.1 cm³/mol. The molecule has 1 nitrogen and oxygen atoms in total. The summed E-state index contributed by atoms with van der Waals surface area (Å²) >= 11 is 0. The van der Waals surface area contributed by atoms with Gasteiger partial charge in [0.15, 0.2) is 0 Å². The quantitative estimate of drug-likeness (QED) is 0.659. The first-order valence-electron chi connectivity index (χ1n) is 6.98. The van der Waals surface area contributed by atoms with Gasteiger partial charge < -0.3 is 0 Å². The second-order valence-corrected chi connectivity index (χ2v) is 5.98. The van der Waals surface area contributed by atoms with Crippen molar-refractivity contribution in [1.29, 1.82) is 0 Å². The van der Waals surface area contributed by atoms with Crippen molar-refractivity contribution < 1.29 is 8.78 Å². The molecule has 0 N–H and O–H groups in total. The van der Waals surface area contributed by atoms with Gasteiger partial charge in [0.05, 0.1) is 0 Å². The lowest BCUT2D eigenvalue weighted by molar-refractivity contribution is -0.00782. The fourth-order valence-electron chi connectivity index (χ4n) is 3.63. The van der Waals surface area contributed by atoms with Crippen LogP contribution in [0.3, 0.4) is 0 Å². The number of hydrogen-bond donors (Lipinski definition) is 0. The van der Waals surface area contributed by atoms with E-state index in [2.05, 4.69) is 12.1 Å². The van der Waals surface area contributed by atoms with E-state index >= 15 is 0 Å². The van der Waals surface area contributed by atoms with Crippen LogP contribution in [-0.2, 0) is 5.54 Å². The Morgan fingerprint density at radius 3 is 2.80 bits per heavy atom. The second-order valence-electron chi connectivity index (χ2n) is 5.98. The van der Waals surface area contributed by atoms with E-state index in [-0.39, 0.29) is 12.8 Å². The zero-order chi connectivity index (χ0) is 14.0. The third-order valence-corrected chi connectivity index (χ3v) is 4.63. The van der Waals surface area contributed by atoms with Gasteiger partial charge in [-0.05, 0) is 35.6 Å². The van der Waals surface area contributed by atoms with Gasteiger partial charge in [0.1, 0.15) is 5.54 Å². The fourth-order valence-corrected chi connectivity index (χ4v) is 3.63. The summed E-state index contributed by atoms with van der Waals surface area (Å²) in [6.45, 7) is 2.04. The molecule has 1 saturated carbocycles. The average molecular weight is 271 g/mol. The Hall–Kier alpha value is -1.77. The Labute approximate surface area is 116 Å². The molecule has 3 aliphatic rings. The van der Waals surface area contributed by atoms with Gasteiger partial charge in [0.25, 0.3) is 5.92 Å². The van der Waals surface area contributed by atoms with Crippen molar-refractivity contribution in [3.63, 3.8) is 0 Å². The first kappa shape index (κ1) is 12.0. The number of alkyl halides is 2. The Kier molecular flexibility index (Phi) is 2.20. The van der Waals surface area contributed by atoms with Crippen LogP contribution in [0.5, 0.6) is 0 Å². The van der Waals surface area contributed by atoms with Crippen molar-refractivity contribution in [1.82, 2.24) is 0 Å². The van der Waals surface area contributed by atoms with Gasteiger partial charge in [0, 0.05) is 18.6 Å². The smallest absolute Gasteiger partial charge is 0.252 e. The van der Waals surface area contributed by atoms with Crippen LogP contribution in [0, 0.1) is 0 Å². The highest BCUT2D eigenvalue weighted by atomic mass is 19.3. The highest BCUT2D eigenvalue weighted by molar-refractivity contribution is 6.06. The van der Waals surface area contributed by atoms with Gasteiger partial charge in [-0.1, -0.05) is 36.4 Å². The van der Waals surface area contributed by atoms with Crippen LogP contribution in [-0.4, -0.2) is 11.6 Å².